The number of hydrogen-bond acceptors (Lipinski definition) is 4. The first-order chi connectivity index (χ1) is 8.69. The van der Waals surface area contributed by atoms with Gasteiger partial charge in [-0.1, -0.05) is 0 Å². The molecule has 0 radical (unpaired) electrons. The maximum Gasteiger partial charge on any atom is 0.239 e. The smallest absolute Gasteiger partial charge is 0.239 e. The highest BCUT2D eigenvalue weighted by molar-refractivity contribution is 9.10. The lowest BCUT2D eigenvalue weighted by Gasteiger charge is -2.21. The van der Waals surface area contributed by atoms with E-state index in [4.69, 9.17) is 0 Å². The van der Waals surface area contributed by atoms with Gasteiger partial charge in [-0.15, -0.1) is 0 Å². The molecule has 18 heavy (non-hydrogen) atoms. The van der Waals surface area contributed by atoms with Crippen LogP contribution < -0.4 is 5.32 Å². The van der Waals surface area contributed by atoms with Crippen molar-refractivity contribution >= 4 is 27.7 Å². The van der Waals surface area contributed by atoms with Gasteiger partial charge >= 0.3 is 0 Å². The summed E-state index contributed by atoms with van der Waals surface area (Å²) in [4.78, 5) is 17.9. The van der Waals surface area contributed by atoms with Crippen molar-refractivity contribution in [2.45, 2.75) is 18.9 Å². The van der Waals surface area contributed by atoms with E-state index in [-0.39, 0.29) is 18.6 Å². The van der Waals surface area contributed by atoms with Gasteiger partial charge in [0.2, 0.25) is 5.91 Å². The Morgan fingerprint density at radius 1 is 1.61 bits per heavy atom. The maximum absolute atomic E-state index is 11.8. The van der Waals surface area contributed by atoms with Crippen molar-refractivity contribution in [1.29, 1.82) is 0 Å². The minimum atomic E-state index is -0.0924. The molecule has 0 aliphatic carbocycles. The average Bonchev–Trinajstić information content (AvgIpc) is 2.79. The lowest BCUT2D eigenvalue weighted by atomic mass is 10.2. The van der Waals surface area contributed by atoms with Crippen LogP contribution in [0.5, 0.6) is 0 Å². The summed E-state index contributed by atoms with van der Waals surface area (Å²) in [5, 5.41) is 11.9. The predicted molar refractivity (Wildman–Crippen MR) is 72.2 cm³/mol. The van der Waals surface area contributed by atoms with Crippen molar-refractivity contribution in [3.8, 4) is 0 Å². The molecule has 1 saturated heterocycles. The Hall–Kier alpha value is -0.980. The van der Waals surface area contributed by atoms with Crippen molar-refractivity contribution in [2.24, 2.45) is 0 Å². The first kappa shape index (κ1) is 13.5. The molecule has 0 saturated carbocycles. The summed E-state index contributed by atoms with van der Waals surface area (Å²) in [5.74, 6) is 0.452. The number of aliphatic hydroxyl groups is 1. The van der Waals surface area contributed by atoms with Gasteiger partial charge in [0.05, 0.1) is 13.2 Å². The molecule has 1 fully saturated rings. The third kappa shape index (κ3) is 3.51. The monoisotopic (exact) mass is 313 g/mol. The van der Waals surface area contributed by atoms with Crippen molar-refractivity contribution in [3.05, 3.63) is 22.8 Å². The van der Waals surface area contributed by atoms with Crippen LogP contribution in [0.25, 0.3) is 0 Å². The van der Waals surface area contributed by atoms with Crippen LogP contribution in [0.2, 0.25) is 0 Å². The third-order valence-electron chi connectivity index (χ3n) is 3.05. The summed E-state index contributed by atoms with van der Waals surface area (Å²) in [5.41, 5.74) is 0. The van der Waals surface area contributed by atoms with E-state index >= 15 is 0 Å². The molecular formula is C12H16BrN3O2. The lowest BCUT2D eigenvalue weighted by molar-refractivity contribution is -0.117. The molecule has 0 unspecified atom stereocenters. The molecule has 0 aromatic carbocycles. The quantitative estimate of drug-likeness (QED) is 0.877. The summed E-state index contributed by atoms with van der Waals surface area (Å²) in [6, 6.07) is 3.69. The second kappa shape index (κ2) is 6.26. The SMILES string of the molecule is O=C(CN1CCC[C@H]1CO)Nc1ccc(Br)cn1. The molecule has 6 heteroatoms. The molecule has 1 aromatic heterocycles. The lowest BCUT2D eigenvalue weighted by Crippen LogP contribution is -2.38. The van der Waals surface area contributed by atoms with Crippen LogP contribution in [-0.2, 0) is 4.79 Å². The third-order valence-corrected chi connectivity index (χ3v) is 3.52. The highest BCUT2D eigenvalue weighted by atomic mass is 79.9. The molecule has 1 amide bonds. The zero-order chi connectivity index (χ0) is 13.0. The minimum Gasteiger partial charge on any atom is -0.395 e. The Bertz CT molecular complexity index is 410. The van der Waals surface area contributed by atoms with E-state index in [0.717, 1.165) is 23.9 Å². The fourth-order valence-corrected chi connectivity index (χ4v) is 2.36. The topological polar surface area (TPSA) is 65.5 Å². The number of nitrogens with one attached hydrogen (secondary N) is 1. The zero-order valence-corrected chi connectivity index (χ0v) is 11.6. The van der Waals surface area contributed by atoms with Gasteiger partial charge in [0.15, 0.2) is 0 Å². The van der Waals surface area contributed by atoms with E-state index in [2.05, 4.69) is 26.2 Å². The standard InChI is InChI=1S/C12H16BrN3O2/c13-9-3-4-11(14-6-9)15-12(18)7-16-5-1-2-10(16)8-17/h3-4,6,10,17H,1-2,5,7-8H2,(H,14,15,18)/t10-/m0/s1. The molecule has 2 N–H and O–H groups in total. The molecule has 0 spiro atoms. The molecular weight excluding hydrogens is 298 g/mol. The highest BCUT2D eigenvalue weighted by Gasteiger charge is 2.25. The second-order valence-electron chi connectivity index (χ2n) is 4.36. The number of carbonyl (C=O) groups excluding carboxylic acids is 1. The van der Waals surface area contributed by atoms with Gasteiger partial charge in [0.1, 0.15) is 5.82 Å². The minimum absolute atomic E-state index is 0.0924. The second-order valence-corrected chi connectivity index (χ2v) is 5.27. The van der Waals surface area contributed by atoms with Crippen LogP contribution >= 0.6 is 15.9 Å². The van der Waals surface area contributed by atoms with Crippen molar-refractivity contribution in [2.75, 3.05) is 25.0 Å². The zero-order valence-electron chi connectivity index (χ0n) is 9.97. The number of pyridine rings is 1. The van der Waals surface area contributed by atoms with Gasteiger partial charge in [-0.05, 0) is 47.4 Å². The Balaban J connectivity index is 1.86. The Morgan fingerprint density at radius 3 is 3.11 bits per heavy atom. The summed E-state index contributed by atoms with van der Waals surface area (Å²) >= 11 is 3.29. The molecule has 2 heterocycles. The first-order valence-electron chi connectivity index (χ1n) is 5.95. The van der Waals surface area contributed by atoms with Gasteiger partial charge in [-0.3, -0.25) is 9.69 Å². The molecule has 98 valence electrons. The van der Waals surface area contributed by atoms with Crippen molar-refractivity contribution in [1.82, 2.24) is 9.88 Å². The summed E-state index contributed by atoms with van der Waals surface area (Å²) < 4.78 is 0.875. The first-order valence-corrected chi connectivity index (χ1v) is 6.74. The van der Waals surface area contributed by atoms with Gasteiger partial charge in [0.25, 0.3) is 0 Å². The molecule has 1 atom stereocenters. The van der Waals surface area contributed by atoms with Crippen molar-refractivity contribution in [3.63, 3.8) is 0 Å². The van der Waals surface area contributed by atoms with Crippen molar-refractivity contribution < 1.29 is 9.90 Å². The van der Waals surface area contributed by atoms with Crippen LogP contribution in [0.4, 0.5) is 5.82 Å². The largest absolute Gasteiger partial charge is 0.395 e. The van der Waals surface area contributed by atoms with Crippen LogP contribution in [0.15, 0.2) is 22.8 Å². The summed E-state index contributed by atoms with van der Waals surface area (Å²) in [6.07, 6.45) is 3.64. The van der Waals surface area contributed by atoms with Crippen LogP contribution in [-0.4, -0.2) is 46.6 Å². The fourth-order valence-electron chi connectivity index (χ4n) is 2.13. The number of likely N-dealkylation sites (tertiary alicyclic amines) is 1. The molecule has 1 aliphatic heterocycles. The maximum atomic E-state index is 11.8. The number of aliphatic hydroxyl groups excluding tert-OH is 1. The highest BCUT2D eigenvalue weighted by Crippen LogP contribution is 2.16. The fraction of sp³-hybridized carbons (Fsp3) is 0.500. The van der Waals surface area contributed by atoms with Gasteiger partial charge in [-0.2, -0.15) is 0 Å². The van der Waals surface area contributed by atoms with Crippen LogP contribution in [0, 0.1) is 0 Å². The number of amides is 1. The van der Waals surface area contributed by atoms with E-state index < -0.39 is 0 Å². The van der Waals surface area contributed by atoms with Gasteiger partial charge in [-0.25, -0.2) is 4.98 Å². The average molecular weight is 314 g/mol. The number of rotatable bonds is 4. The van der Waals surface area contributed by atoms with E-state index in [9.17, 15) is 9.90 Å². The summed E-state index contributed by atoms with van der Waals surface area (Å²) in [7, 11) is 0. The van der Waals surface area contributed by atoms with Gasteiger partial charge < -0.3 is 10.4 Å². The summed E-state index contributed by atoms with van der Waals surface area (Å²) in [6.45, 7) is 1.29. The van der Waals surface area contributed by atoms with Crippen LogP contribution in [0.1, 0.15) is 12.8 Å². The van der Waals surface area contributed by atoms with E-state index in [1.165, 1.54) is 0 Å². The molecule has 5 nitrogen and oxygen atoms in total. The van der Waals surface area contributed by atoms with Crippen LogP contribution in [0.3, 0.4) is 0 Å². The van der Waals surface area contributed by atoms with E-state index in [0.29, 0.717) is 12.4 Å². The van der Waals surface area contributed by atoms with E-state index in [1.807, 2.05) is 11.0 Å². The number of anilines is 1. The Morgan fingerprint density at radius 2 is 2.44 bits per heavy atom. The molecule has 1 aliphatic rings. The van der Waals surface area contributed by atoms with E-state index in [1.54, 1.807) is 12.3 Å². The number of halogens is 1. The normalized spacial score (nSPS) is 20.0. The molecule has 0 bridgehead atoms. The Labute approximate surface area is 114 Å². The molecule has 2 rings (SSSR count). The number of hydrogen-bond donors (Lipinski definition) is 2. The number of aromatic nitrogens is 1. The number of nitrogens with zero attached hydrogens (tertiary/aromatic N) is 2. The number of carbonyl (C=O) groups is 1. The Kier molecular flexibility index (Phi) is 4.68. The van der Waals surface area contributed by atoms with Gasteiger partial charge in [0, 0.05) is 16.7 Å². The predicted octanol–water partition coefficient (Wildman–Crippen LogP) is 1.24. The molecule has 1 aromatic rings.